The number of ketones is 1. The minimum absolute atomic E-state index is 0.0186. The number of allylic oxidation sites excluding steroid dienone is 1. The van der Waals surface area contributed by atoms with Gasteiger partial charge in [-0.15, -0.1) is 0 Å². The number of carbonyl (C=O) groups is 2. The van der Waals surface area contributed by atoms with Crippen LogP contribution in [0.4, 0.5) is 11.4 Å². The van der Waals surface area contributed by atoms with E-state index in [2.05, 4.69) is 24.5 Å². The first kappa shape index (κ1) is 27.6. The van der Waals surface area contributed by atoms with Crippen LogP contribution >= 0.6 is 11.6 Å². The highest BCUT2D eigenvalue weighted by atomic mass is 35.5. The number of methoxy groups -OCH3 is 2. The number of carbonyl (C=O) groups excluding carboxylic acids is 2. The van der Waals surface area contributed by atoms with E-state index >= 15 is 0 Å². The molecule has 0 fully saturated rings. The number of anilines is 2. The van der Waals surface area contributed by atoms with Crippen LogP contribution in [0.2, 0.25) is 5.02 Å². The number of fused-ring (bicyclic) bond motifs is 1. The first-order valence-corrected chi connectivity index (χ1v) is 13.7. The second-order valence-corrected chi connectivity index (χ2v) is 11.4. The van der Waals surface area contributed by atoms with E-state index in [-0.39, 0.29) is 23.7 Å². The normalized spacial score (nSPS) is 17.8. The summed E-state index contributed by atoms with van der Waals surface area (Å²) in [5, 5.41) is 7.26. The molecule has 2 aliphatic rings. The number of para-hydroxylation sites is 3. The van der Waals surface area contributed by atoms with Gasteiger partial charge in [0.25, 0.3) is 0 Å². The summed E-state index contributed by atoms with van der Waals surface area (Å²) in [4.78, 5) is 29.5. The maximum absolute atomic E-state index is 13.9. The van der Waals surface area contributed by atoms with Crippen LogP contribution in [0.3, 0.4) is 0 Å². The van der Waals surface area contributed by atoms with Gasteiger partial charge in [-0.3, -0.25) is 9.59 Å². The summed E-state index contributed by atoms with van der Waals surface area (Å²) >= 11 is 6.02. The van der Waals surface area contributed by atoms with E-state index in [0.29, 0.717) is 41.5 Å². The van der Waals surface area contributed by atoms with Crippen LogP contribution in [0.25, 0.3) is 0 Å². The summed E-state index contributed by atoms with van der Waals surface area (Å²) in [5.41, 5.74) is 4.67. The second kappa shape index (κ2) is 11.3. The molecule has 1 unspecified atom stereocenters. The molecule has 7 nitrogen and oxygen atoms in total. The number of amides is 1. The molecule has 1 aliphatic carbocycles. The van der Waals surface area contributed by atoms with Crippen molar-refractivity contribution in [1.29, 1.82) is 0 Å². The van der Waals surface area contributed by atoms with Crippen LogP contribution in [0, 0.1) is 5.41 Å². The van der Waals surface area contributed by atoms with Crippen LogP contribution in [-0.4, -0.2) is 32.5 Å². The molecule has 1 aliphatic heterocycles. The largest absolute Gasteiger partial charge is 0.493 e. The van der Waals surface area contributed by atoms with E-state index in [1.807, 2.05) is 59.5 Å². The van der Waals surface area contributed by atoms with E-state index in [0.717, 1.165) is 28.2 Å². The average Bonchev–Trinajstić information content (AvgIpc) is 3.06. The second-order valence-electron chi connectivity index (χ2n) is 11.0. The Hall–Kier alpha value is -3.97. The predicted octanol–water partition coefficient (Wildman–Crippen LogP) is 6.29. The van der Waals surface area contributed by atoms with E-state index in [1.165, 1.54) is 0 Å². The number of nitrogens with zero attached hydrogens (tertiary/aromatic N) is 1. The first-order valence-electron chi connectivity index (χ1n) is 13.3. The molecule has 2 N–H and O–H groups in total. The van der Waals surface area contributed by atoms with Gasteiger partial charge in [-0.2, -0.15) is 0 Å². The van der Waals surface area contributed by atoms with Crippen LogP contribution < -0.4 is 25.0 Å². The minimum Gasteiger partial charge on any atom is -0.493 e. The summed E-state index contributed by atoms with van der Waals surface area (Å²) in [6.45, 7) is 4.59. The fourth-order valence-corrected chi connectivity index (χ4v) is 5.82. The van der Waals surface area contributed by atoms with Gasteiger partial charge in [0.15, 0.2) is 17.3 Å². The maximum atomic E-state index is 13.9. The molecule has 1 amide bonds. The van der Waals surface area contributed by atoms with Gasteiger partial charge >= 0.3 is 0 Å². The van der Waals surface area contributed by atoms with Gasteiger partial charge in [0.05, 0.1) is 38.2 Å². The monoisotopic (exact) mass is 559 g/mol. The number of Topliss-reactive ketones (excluding diaryl/α,β-unsaturated/α-hetero) is 1. The maximum Gasteiger partial charge on any atom is 0.239 e. The molecular weight excluding hydrogens is 526 g/mol. The molecule has 0 saturated carbocycles. The number of hydrogen-bond acceptors (Lipinski definition) is 6. The lowest BCUT2D eigenvalue weighted by atomic mass is 9.73. The molecule has 0 aromatic heterocycles. The van der Waals surface area contributed by atoms with Crippen molar-refractivity contribution in [2.45, 2.75) is 39.3 Å². The molecule has 0 saturated heterocycles. The van der Waals surface area contributed by atoms with Gasteiger partial charge in [-0.1, -0.05) is 61.8 Å². The van der Waals surface area contributed by atoms with E-state index in [1.54, 1.807) is 26.4 Å². The average molecular weight is 560 g/mol. The third kappa shape index (κ3) is 5.52. The Balaban J connectivity index is 1.63. The van der Waals surface area contributed by atoms with Gasteiger partial charge < -0.3 is 25.0 Å². The van der Waals surface area contributed by atoms with Crippen LogP contribution in [0.15, 0.2) is 78.0 Å². The van der Waals surface area contributed by atoms with Crippen molar-refractivity contribution in [3.8, 4) is 11.5 Å². The highest BCUT2D eigenvalue weighted by Crippen LogP contribution is 2.50. The number of benzene rings is 3. The molecule has 1 heterocycles. The zero-order valence-corrected chi connectivity index (χ0v) is 24.0. The zero-order chi connectivity index (χ0) is 28.4. The van der Waals surface area contributed by atoms with Crippen molar-refractivity contribution in [3.63, 3.8) is 0 Å². The van der Waals surface area contributed by atoms with E-state index in [4.69, 9.17) is 21.1 Å². The molecule has 5 rings (SSSR count). The summed E-state index contributed by atoms with van der Waals surface area (Å²) < 4.78 is 11.5. The molecule has 3 aromatic rings. The number of rotatable bonds is 7. The van der Waals surface area contributed by atoms with Crippen LogP contribution in [0.5, 0.6) is 11.5 Å². The van der Waals surface area contributed by atoms with Crippen molar-refractivity contribution in [2.24, 2.45) is 5.41 Å². The first-order chi connectivity index (χ1) is 19.2. The zero-order valence-electron chi connectivity index (χ0n) is 23.2. The van der Waals surface area contributed by atoms with Crippen molar-refractivity contribution in [1.82, 2.24) is 5.32 Å². The van der Waals surface area contributed by atoms with Crippen molar-refractivity contribution in [3.05, 3.63) is 94.1 Å². The third-order valence-electron chi connectivity index (χ3n) is 7.45. The van der Waals surface area contributed by atoms with Crippen molar-refractivity contribution in [2.75, 3.05) is 31.0 Å². The molecule has 0 spiro atoms. The van der Waals surface area contributed by atoms with Gasteiger partial charge in [-0.05, 0) is 47.7 Å². The number of nitrogens with one attached hydrogen (secondary N) is 2. The lowest BCUT2D eigenvalue weighted by Gasteiger charge is -2.38. The molecule has 3 aromatic carbocycles. The third-order valence-corrected chi connectivity index (χ3v) is 7.70. The Kier molecular flexibility index (Phi) is 7.76. The Bertz CT molecular complexity index is 1470. The van der Waals surface area contributed by atoms with Gasteiger partial charge in [0, 0.05) is 34.8 Å². The lowest BCUT2D eigenvalue weighted by Crippen LogP contribution is -2.42. The van der Waals surface area contributed by atoms with E-state index in [9.17, 15) is 9.59 Å². The SMILES string of the molecule is COc1cccc(C2C3=C(CC(C)(C)CC3=O)Nc3ccccc3N2CC(=O)NCc2ccc(Cl)cc2)c1OC. The van der Waals surface area contributed by atoms with Crippen molar-refractivity contribution >= 4 is 34.7 Å². The number of hydrogen-bond donors (Lipinski definition) is 2. The summed E-state index contributed by atoms with van der Waals surface area (Å²) in [7, 11) is 3.18. The predicted molar refractivity (Wildman–Crippen MR) is 158 cm³/mol. The fraction of sp³-hybridized carbons (Fsp3) is 0.312. The number of ether oxygens (including phenoxy) is 2. The molecule has 1 atom stereocenters. The van der Waals surface area contributed by atoms with Crippen LogP contribution in [0.1, 0.15) is 43.9 Å². The Morgan fingerprint density at radius 3 is 2.50 bits per heavy atom. The summed E-state index contributed by atoms with van der Waals surface area (Å²) in [5.74, 6) is 0.964. The molecule has 8 heteroatoms. The van der Waals surface area contributed by atoms with Gasteiger partial charge in [0.1, 0.15) is 0 Å². The summed E-state index contributed by atoms with van der Waals surface area (Å²) in [6.07, 6.45) is 1.10. The molecule has 0 bridgehead atoms. The molecular formula is C32H34ClN3O4. The minimum atomic E-state index is -0.582. The van der Waals surface area contributed by atoms with E-state index < -0.39 is 6.04 Å². The number of halogens is 1. The Morgan fingerprint density at radius 2 is 1.77 bits per heavy atom. The topological polar surface area (TPSA) is 79.9 Å². The quantitative estimate of drug-likeness (QED) is 0.354. The van der Waals surface area contributed by atoms with Crippen molar-refractivity contribution < 1.29 is 19.1 Å². The highest BCUT2D eigenvalue weighted by Gasteiger charge is 2.43. The molecule has 208 valence electrons. The standard InChI is InChI=1S/C32H34ClN3O4/c1-32(2)16-24-29(26(37)17-32)30(22-8-7-11-27(39-3)31(22)40-4)36(25-10-6-5-9-23(25)35-24)19-28(38)34-18-20-12-14-21(33)15-13-20/h5-15,30,35H,16-19H2,1-4H3,(H,34,38). The highest BCUT2D eigenvalue weighted by molar-refractivity contribution is 6.30. The Labute approximate surface area is 240 Å². The fourth-order valence-electron chi connectivity index (χ4n) is 5.69. The Morgan fingerprint density at radius 1 is 1.02 bits per heavy atom. The van der Waals surface area contributed by atoms with Crippen LogP contribution in [-0.2, 0) is 16.1 Å². The lowest BCUT2D eigenvalue weighted by molar-refractivity contribution is -0.121. The summed E-state index contributed by atoms with van der Waals surface area (Å²) in [6, 6.07) is 20.3. The molecule has 0 radical (unpaired) electrons. The smallest absolute Gasteiger partial charge is 0.239 e. The molecule has 40 heavy (non-hydrogen) atoms. The van der Waals surface area contributed by atoms with Gasteiger partial charge in [0.2, 0.25) is 5.91 Å². The van der Waals surface area contributed by atoms with Gasteiger partial charge in [-0.25, -0.2) is 0 Å².